The molecule has 6 nitrogen and oxygen atoms in total. The number of nitrogens with zero attached hydrogens (tertiary/aromatic N) is 4. The van der Waals surface area contributed by atoms with E-state index in [-0.39, 0.29) is 17.1 Å². The predicted octanol–water partition coefficient (Wildman–Crippen LogP) is 0.277. The van der Waals surface area contributed by atoms with Gasteiger partial charge in [-0.25, -0.2) is 0 Å². The zero-order valence-electron chi connectivity index (χ0n) is 8.06. The summed E-state index contributed by atoms with van der Waals surface area (Å²) in [7, 11) is 3.33. The fourth-order valence-corrected chi connectivity index (χ4v) is 0.425. The van der Waals surface area contributed by atoms with Gasteiger partial charge in [0.1, 0.15) is 0 Å². The van der Waals surface area contributed by atoms with E-state index in [0.717, 1.165) is 0 Å². The zero-order chi connectivity index (χ0) is 10.8. The molecule has 0 rings (SSSR count). The number of hydrogen-bond acceptors (Lipinski definition) is 4. The number of hydrogen-bond donors (Lipinski definition) is 2. The van der Waals surface area contributed by atoms with Crippen molar-refractivity contribution in [1.82, 2.24) is 10.6 Å². The second-order valence-electron chi connectivity index (χ2n) is 1.84. The number of nitrogens with one attached hydrogen (secondary N) is 2. The van der Waals surface area contributed by atoms with Crippen LogP contribution < -0.4 is 10.6 Å². The third-order valence-electron chi connectivity index (χ3n) is 0.925. The molecule has 0 heterocycles. The van der Waals surface area contributed by atoms with E-state index in [9.17, 15) is 0 Å². The third-order valence-corrected chi connectivity index (χ3v) is 1.50. The van der Waals surface area contributed by atoms with Crippen LogP contribution in [0.3, 0.4) is 0 Å². The van der Waals surface area contributed by atoms with E-state index in [2.05, 4.69) is 31.7 Å². The molecule has 2 N–H and O–H groups in total. The van der Waals surface area contributed by atoms with E-state index >= 15 is 0 Å². The van der Waals surface area contributed by atoms with E-state index in [1.165, 1.54) is 12.4 Å². The van der Waals surface area contributed by atoms with Crippen LogP contribution in [0.1, 0.15) is 0 Å². The summed E-state index contributed by atoms with van der Waals surface area (Å²) in [5.41, 5.74) is 7.18. The van der Waals surface area contributed by atoms with Crippen LogP contribution in [-0.2, 0) is 42.3 Å². The monoisotopic (exact) mass is 293 g/mol. The Hall–Kier alpha value is -0.761. The van der Waals surface area contributed by atoms with Crippen molar-refractivity contribution in [3.8, 4) is 0 Å². The molecule has 0 aliphatic heterocycles. The van der Waals surface area contributed by atoms with E-state index < -0.39 is 0 Å². The van der Waals surface area contributed by atoms with Gasteiger partial charge in [-0.1, -0.05) is 0 Å². The van der Waals surface area contributed by atoms with Crippen molar-refractivity contribution in [3.63, 3.8) is 0 Å². The van der Waals surface area contributed by atoms with Crippen LogP contribution >= 0.6 is 0 Å². The Morgan fingerprint density at radius 3 is 1.60 bits per heavy atom. The van der Waals surface area contributed by atoms with Gasteiger partial charge >= 0.3 is 0 Å². The molecular weight excluding hydrogens is 284 g/mol. The minimum absolute atomic E-state index is 0. The molecule has 0 aliphatic carbocycles. The number of rotatable bonds is 4. The Balaban J connectivity index is 0. The fourth-order valence-electron chi connectivity index (χ4n) is 0.331. The normalized spacial score (nSPS) is 11.9. The first-order valence-electron chi connectivity index (χ1n) is 3.61. The molecular formula is C6H10CuN6S2-4. The van der Waals surface area contributed by atoms with Gasteiger partial charge in [-0.15, -0.1) is 0 Å². The Morgan fingerprint density at radius 2 is 1.33 bits per heavy atom. The van der Waals surface area contributed by atoms with Crippen molar-refractivity contribution in [2.75, 3.05) is 14.1 Å². The molecule has 0 unspecified atom stereocenters. The molecule has 0 saturated heterocycles. The second-order valence-corrected chi connectivity index (χ2v) is 2.61. The van der Waals surface area contributed by atoms with Crippen LogP contribution in [0, 0.1) is 0 Å². The van der Waals surface area contributed by atoms with Crippen LogP contribution in [-0.4, -0.2) is 24.4 Å². The van der Waals surface area contributed by atoms with Gasteiger partial charge < -0.3 is 56.9 Å². The molecule has 0 aromatic rings. The van der Waals surface area contributed by atoms with E-state index in [4.69, 9.17) is 25.3 Å². The summed E-state index contributed by atoms with van der Waals surface area (Å²) in [4.78, 5) is 0. The summed E-state index contributed by atoms with van der Waals surface area (Å²) in [5, 5.41) is 13.1. The fraction of sp³-hybridized carbons (Fsp3) is 0.333. The van der Waals surface area contributed by atoms with Crippen LogP contribution in [0.15, 0.2) is 22.6 Å². The van der Waals surface area contributed by atoms with Crippen molar-refractivity contribution < 1.29 is 17.1 Å². The van der Waals surface area contributed by atoms with Gasteiger partial charge in [-0.05, 0) is 10.3 Å². The molecule has 0 bridgehead atoms. The van der Waals surface area contributed by atoms with Gasteiger partial charge in [-0.2, -0.15) is 12.4 Å². The van der Waals surface area contributed by atoms with Crippen molar-refractivity contribution in [1.29, 1.82) is 0 Å². The van der Waals surface area contributed by atoms with Crippen LogP contribution in [0.2, 0.25) is 0 Å². The first kappa shape index (κ1) is 16.7. The average molecular weight is 294 g/mol. The molecule has 0 aromatic heterocycles. The Morgan fingerprint density at radius 1 is 1.00 bits per heavy atom. The molecule has 15 heavy (non-hydrogen) atoms. The van der Waals surface area contributed by atoms with E-state index in [1.807, 2.05) is 0 Å². The van der Waals surface area contributed by atoms with Gasteiger partial charge in [0.15, 0.2) is 0 Å². The van der Waals surface area contributed by atoms with Crippen LogP contribution in [0.4, 0.5) is 0 Å². The van der Waals surface area contributed by atoms with Crippen molar-refractivity contribution in [3.05, 3.63) is 23.3 Å². The zero-order valence-corrected chi connectivity index (χ0v) is 10.6. The molecule has 1 radical (unpaired) electrons. The van der Waals surface area contributed by atoms with Crippen molar-refractivity contribution in [2.45, 2.75) is 0 Å². The van der Waals surface area contributed by atoms with Crippen LogP contribution in [0.25, 0.3) is 10.9 Å². The van der Waals surface area contributed by atoms with Crippen LogP contribution in [0.5, 0.6) is 0 Å². The van der Waals surface area contributed by atoms with Gasteiger partial charge in [0.05, 0.1) is 0 Å². The van der Waals surface area contributed by atoms with Crippen molar-refractivity contribution >= 4 is 35.6 Å². The SMILES string of the molecule is CN/C([S-])=N/[N-]/C=C\[N-]/N=C(\[S-])NC.[Cu]. The summed E-state index contributed by atoms with van der Waals surface area (Å²) < 4.78 is 0. The van der Waals surface area contributed by atoms with Gasteiger partial charge in [0, 0.05) is 31.2 Å². The summed E-state index contributed by atoms with van der Waals surface area (Å²) in [6, 6.07) is 0. The number of amidine groups is 2. The van der Waals surface area contributed by atoms with Gasteiger partial charge in [0.25, 0.3) is 0 Å². The first-order chi connectivity index (χ1) is 6.70. The Kier molecular flexibility index (Phi) is 12.6. The standard InChI is InChI=1S/C6H12N6S2.Cu/c1-7-5(13)11-9-3-4-10-12-6(14)8-2;/h3-4H,1-2H3,(H2,7,11,13)(H2,8,12,14);/q-2;/p-2/b4-3-;. The third kappa shape index (κ3) is 11.2. The maximum Gasteiger partial charge on any atom is 0.00270 e. The quantitative estimate of drug-likeness (QED) is 0.257. The minimum Gasteiger partial charge on any atom is -0.745 e. The first-order valence-corrected chi connectivity index (χ1v) is 4.42. The maximum atomic E-state index is 4.70. The molecule has 0 saturated carbocycles. The van der Waals surface area contributed by atoms with E-state index in [0.29, 0.717) is 10.3 Å². The summed E-state index contributed by atoms with van der Waals surface area (Å²) in [5.74, 6) is 0. The topological polar surface area (TPSA) is 77.0 Å². The minimum atomic E-state index is 0. The molecule has 0 spiro atoms. The largest absolute Gasteiger partial charge is 0.745 e. The molecule has 9 heteroatoms. The summed E-state index contributed by atoms with van der Waals surface area (Å²) in [6.45, 7) is 0. The van der Waals surface area contributed by atoms with Gasteiger partial charge in [0.2, 0.25) is 0 Å². The van der Waals surface area contributed by atoms with Crippen molar-refractivity contribution in [2.24, 2.45) is 10.2 Å². The molecule has 91 valence electrons. The second kappa shape index (κ2) is 11.3. The molecule has 0 aromatic carbocycles. The molecule has 0 fully saturated rings. The smallest absolute Gasteiger partial charge is 0.00270 e. The molecule has 0 amide bonds. The molecule has 0 atom stereocenters. The maximum absolute atomic E-state index is 4.70. The molecule has 0 aliphatic rings. The average Bonchev–Trinajstić information content (AvgIpc) is 2.22. The predicted molar refractivity (Wildman–Crippen MR) is 63.6 cm³/mol. The van der Waals surface area contributed by atoms with E-state index in [1.54, 1.807) is 14.1 Å². The van der Waals surface area contributed by atoms with Gasteiger partial charge in [-0.3, -0.25) is 0 Å². The summed E-state index contributed by atoms with van der Waals surface area (Å²) in [6.07, 6.45) is 2.71. The summed E-state index contributed by atoms with van der Waals surface area (Å²) >= 11 is 9.41. The Labute approximate surface area is 111 Å². The Bertz CT molecular complexity index is 218.